The molecule has 1 fully saturated rings. The van der Waals surface area contributed by atoms with Crippen molar-refractivity contribution in [3.63, 3.8) is 0 Å². The van der Waals surface area contributed by atoms with E-state index >= 15 is 0 Å². The van der Waals surface area contributed by atoms with Gasteiger partial charge in [0.2, 0.25) is 11.8 Å². The number of halogens is 1. The molecule has 1 N–H and O–H groups in total. The van der Waals surface area contributed by atoms with E-state index in [-0.39, 0.29) is 23.5 Å². The summed E-state index contributed by atoms with van der Waals surface area (Å²) >= 11 is 0. The lowest BCUT2D eigenvalue weighted by molar-refractivity contribution is -0.129. The third-order valence-electron chi connectivity index (χ3n) is 3.80. The zero-order valence-corrected chi connectivity index (χ0v) is 13.1. The summed E-state index contributed by atoms with van der Waals surface area (Å²) in [5, 5.41) is 2.87. The first-order valence-corrected chi connectivity index (χ1v) is 7.75. The molecular formula is C17H23FN2O2. The van der Waals surface area contributed by atoms with E-state index in [1.165, 1.54) is 12.1 Å². The molecule has 4 nitrogen and oxygen atoms in total. The molecule has 1 aliphatic rings. The van der Waals surface area contributed by atoms with Crippen molar-refractivity contribution in [3.05, 3.63) is 35.6 Å². The van der Waals surface area contributed by atoms with Gasteiger partial charge in [0.25, 0.3) is 0 Å². The summed E-state index contributed by atoms with van der Waals surface area (Å²) in [4.78, 5) is 25.8. The molecule has 1 aromatic rings. The van der Waals surface area contributed by atoms with Crippen LogP contribution < -0.4 is 5.32 Å². The monoisotopic (exact) mass is 306 g/mol. The van der Waals surface area contributed by atoms with Crippen molar-refractivity contribution in [2.24, 2.45) is 11.8 Å². The number of nitrogens with one attached hydrogen (secondary N) is 1. The topological polar surface area (TPSA) is 49.4 Å². The second kappa shape index (κ2) is 7.38. The summed E-state index contributed by atoms with van der Waals surface area (Å²) < 4.78 is 12.8. The van der Waals surface area contributed by atoms with Gasteiger partial charge in [0.15, 0.2) is 0 Å². The molecule has 22 heavy (non-hydrogen) atoms. The van der Waals surface area contributed by atoms with E-state index in [2.05, 4.69) is 19.2 Å². The average Bonchev–Trinajstić information content (AvgIpc) is 2.81. The van der Waals surface area contributed by atoms with Crippen LogP contribution in [0.15, 0.2) is 24.3 Å². The van der Waals surface area contributed by atoms with Crippen molar-refractivity contribution < 1.29 is 14.0 Å². The molecular weight excluding hydrogens is 283 g/mol. The lowest BCUT2D eigenvalue weighted by atomic mass is 10.1. The van der Waals surface area contributed by atoms with E-state index in [1.54, 1.807) is 17.0 Å². The zero-order chi connectivity index (χ0) is 16.1. The quantitative estimate of drug-likeness (QED) is 0.874. The van der Waals surface area contributed by atoms with Gasteiger partial charge in [0.05, 0.1) is 5.92 Å². The van der Waals surface area contributed by atoms with Crippen LogP contribution in [0, 0.1) is 17.7 Å². The minimum absolute atomic E-state index is 0.0624. The summed E-state index contributed by atoms with van der Waals surface area (Å²) in [7, 11) is 0. The van der Waals surface area contributed by atoms with Gasteiger partial charge in [-0.1, -0.05) is 26.0 Å². The third-order valence-corrected chi connectivity index (χ3v) is 3.80. The molecule has 120 valence electrons. The minimum atomic E-state index is -0.262. The predicted octanol–water partition coefficient (Wildman–Crippen LogP) is 1.99. The van der Waals surface area contributed by atoms with Gasteiger partial charge in [-0.25, -0.2) is 4.39 Å². The number of likely N-dealkylation sites (tertiary alicyclic amines) is 1. The zero-order valence-electron chi connectivity index (χ0n) is 13.1. The molecule has 1 saturated heterocycles. The molecule has 1 unspecified atom stereocenters. The molecule has 0 aromatic heterocycles. The Hall–Kier alpha value is -1.91. The van der Waals surface area contributed by atoms with Gasteiger partial charge in [0, 0.05) is 26.1 Å². The van der Waals surface area contributed by atoms with Crippen LogP contribution in [0.3, 0.4) is 0 Å². The minimum Gasteiger partial charge on any atom is -0.355 e. The fourth-order valence-electron chi connectivity index (χ4n) is 2.69. The van der Waals surface area contributed by atoms with Gasteiger partial charge in [0.1, 0.15) is 5.82 Å². The Morgan fingerprint density at radius 1 is 1.36 bits per heavy atom. The van der Waals surface area contributed by atoms with Crippen LogP contribution in [0.2, 0.25) is 0 Å². The van der Waals surface area contributed by atoms with E-state index in [0.717, 1.165) is 5.56 Å². The maximum atomic E-state index is 12.8. The molecule has 0 aliphatic carbocycles. The number of amides is 2. The number of carbonyl (C=O) groups excluding carboxylic acids is 2. The summed E-state index contributed by atoms with van der Waals surface area (Å²) in [6, 6.07) is 6.25. The standard InChI is InChI=1S/C17H23FN2O2/c1-12(2)10-20-11-14(9-16(20)21)17(22)19-8-7-13-3-5-15(18)6-4-13/h3-6,12,14H,7-11H2,1-2H3,(H,19,22). The number of rotatable bonds is 6. The van der Waals surface area contributed by atoms with Gasteiger partial charge in [-0.3, -0.25) is 9.59 Å². The Bertz CT molecular complexity index is 528. The molecule has 0 spiro atoms. The maximum absolute atomic E-state index is 12.8. The molecule has 1 heterocycles. The van der Waals surface area contributed by atoms with Crippen LogP contribution in [0.25, 0.3) is 0 Å². The van der Waals surface area contributed by atoms with Gasteiger partial charge in [-0.05, 0) is 30.0 Å². The maximum Gasteiger partial charge on any atom is 0.225 e. The summed E-state index contributed by atoms with van der Waals surface area (Å²) in [5.41, 5.74) is 0.977. The van der Waals surface area contributed by atoms with E-state index in [9.17, 15) is 14.0 Å². The molecule has 2 amide bonds. The van der Waals surface area contributed by atoms with Gasteiger partial charge in [-0.15, -0.1) is 0 Å². The second-order valence-electron chi connectivity index (χ2n) is 6.26. The van der Waals surface area contributed by atoms with Crippen LogP contribution in [0.1, 0.15) is 25.8 Å². The summed E-state index contributed by atoms with van der Waals surface area (Å²) in [6.07, 6.45) is 0.956. The Kier molecular flexibility index (Phi) is 5.52. The highest BCUT2D eigenvalue weighted by atomic mass is 19.1. The van der Waals surface area contributed by atoms with Gasteiger partial charge >= 0.3 is 0 Å². The normalized spacial score (nSPS) is 18.1. The third kappa shape index (κ3) is 4.55. The van der Waals surface area contributed by atoms with E-state index in [0.29, 0.717) is 38.4 Å². The highest BCUT2D eigenvalue weighted by Gasteiger charge is 2.34. The first-order valence-electron chi connectivity index (χ1n) is 7.75. The van der Waals surface area contributed by atoms with Crippen LogP contribution in [-0.4, -0.2) is 36.3 Å². The summed E-state index contributed by atoms with van der Waals surface area (Å²) in [5.74, 6) is -0.111. The SMILES string of the molecule is CC(C)CN1CC(C(=O)NCCc2ccc(F)cc2)CC1=O. The number of benzene rings is 1. The molecule has 0 bridgehead atoms. The largest absolute Gasteiger partial charge is 0.355 e. The Balaban J connectivity index is 1.76. The van der Waals surface area contributed by atoms with Crippen LogP contribution in [0.5, 0.6) is 0 Å². The molecule has 2 rings (SSSR count). The molecule has 1 atom stereocenters. The number of carbonyl (C=O) groups is 2. The van der Waals surface area contributed by atoms with Crippen molar-refractivity contribution in [1.29, 1.82) is 0 Å². The fourth-order valence-corrected chi connectivity index (χ4v) is 2.69. The first kappa shape index (κ1) is 16.5. The number of hydrogen-bond donors (Lipinski definition) is 1. The van der Waals surface area contributed by atoms with E-state index in [4.69, 9.17) is 0 Å². The smallest absolute Gasteiger partial charge is 0.225 e. The lowest BCUT2D eigenvalue weighted by Gasteiger charge is -2.18. The molecule has 0 saturated carbocycles. The van der Waals surface area contributed by atoms with Gasteiger partial charge < -0.3 is 10.2 Å². The van der Waals surface area contributed by atoms with Crippen LogP contribution in [-0.2, 0) is 16.0 Å². The van der Waals surface area contributed by atoms with E-state index < -0.39 is 0 Å². The molecule has 5 heteroatoms. The van der Waals surface area contributed by atoms with Crippen LogP contribution >= 0.6 is 0 Å². The molecule has 1 aromatic carbocycles. The van der Waals surface area contributed by atoms with Crippen LogP contribution in [0.4, 0.5) is 4.39 Å². The average molecular weight is 306 g/mol. The lowest BCUT2D eigenvalue weighted by Crippen LogP contribution is -2.35. The second-order valence-corrected chi connectivity index (χ2v) is 6.26. The van der Waals surface area contributed by atoms with E-state index in [1.807, 2.05) is 0 Å². The predicted molar refractivity (Wildman–Crippen MR) is 82.6 cm³/mol. The van der Waals surface area contributed by atoms with Crippen molar-refractivity contribution in [2.75, 3.05) is 19.6 Å². The highest BCUT2D eigenvalue weighted by Crippen LogP contribution is 2.19. The van der Waals surface area contributed by atoms with Gasteiger partial charge in [-0.2, -0.15) is 0 Å². The first-order chi connectivity index (χ1) is 10.5. The molecule has 0 radical (unpaired) electrons. The Labute approximate surface area is 130 Å². The fraction of sp³-hybridized carbons (Fsp3) is 0.529. The Morgan fingerprint density at radius 2 is 2.05 bits per heavy atom. The number of nitrogens with zero attached hydrogens (tertiary/aromatic N) is 1. The van der Waals surface area contributed by atoms with Crippen molar-refractivity contribution in [2.45, 2.75) is 26.7 Å². The van der Waals surface area contributed by atoms with Crippen molar-refractivity contribution >= 4 is 11.8 Å². The van der Waals surface area contributed by atoms with Crippen molar-refractivity contribution in [1.82, 2.24) is 10.2 Å². The molecule has 1 aliphatic heterocycles. The van der Waals surface area contributed by atoms with Crippen molar-refractivity contribution in [3.8, 4) is 0 Å². The number of hydrogen-bond acceptors (Lipinski definition) is 2. The Morgan fingerprint density at radius 3 is 2.68 bits per heavy atom. The summed E-state index contributed by atoms with van der Waals surface area (Å²) in [6.45, 7) is 5.84. The highest BCUT2D eigenvalue weighted by molar-refractivity contribution is 5.89.